The molecule has 0 aromatic rings. The molecule has 0 aromatic heterocycles. The molecule has 0 saturated heterocycles. The zero-order chi connectivity index (χ0) is 8.15. The second-order valence-electron chi connectivity index (χ2n) is 0.986. The number of hydrogen-bond donors (Lipinski definition) is 2. The van der Waals surface area contributed by atoms with E-state index >= 15 is 0 Å². The molecule has 0 bridgehead atoms. The number of carboxylic acid groups (broad SMARTS) is 2. The molecule has 0 saturated carbocycles. The van der Waals surface area contributed by atoms with Gasteiger partial charge in [0.15, 0.2) is 0 Å². The van der Waals surface area contributed by atoms with Crippen molar-refractivity contribution < 1.29 is 139 Å². The van der Waals surface area contributed by atoms with Gasteiger partial charge in [-0.15, -0.1) is 0 Å². The predicted octanol–water partition coefficient (Wildman–Crippen LogP) is 0.486. The van der Waals surface area contributed by atoms with Crippen molar-refractivity contribution in [2.75, 3.05) is 0 Å². The molecule has 0 rings (SSSR count). The molecule has 72 valence electrons. The summed E-state index contributed by atoms with van der Waals surface area (Å²) in [7, 11) is 0. The molecule has 0 aromatic carbocycles. The molecule has 0 fully saturated rings. The first-order chi connectivity index (χ1) is 4.52. The summed E-state index contributed by atoms with van der Waals surface area (Å²) in [6, 6.07) is 0. The Kier molecular flexibility index (Phi) is 36.3. The molecule has 2 N–H and O–H groups in total. The van der Waals surface area contributed by atoms with Crippen LogP contribution in [0.2, 0.25) is 0 Å². The Morgan fingerprint density at radius 2 is 0.929 bits per heavy atom. The van der Waals surface area contributed by atoms with Gasteiger partial charge in [-0.3, -0.25) is 0 Å². The van der Waals surface area contributed by atoms with Crippen LogP contribution >= 0.6 is 0 Å². The van der Waals surface area contributed by atoms with Gasteiger partial charge in [-0.1, -0.05) is 0 Å². The van der Waals surface area contributed by atoms with Crippen LogP contribution in [-0.2, 0) is 114 Å². The topological polar surface area (TPSA) is 110 Å². The second kappa shape index (κ2) is 17.1. The number of carbonyl (C=O) groups excluding carboxylic acids is 1. The molecule has 0 unspecified atom stereocenters. The Morgan fingerprint density at radius 1 is 0.714 bits per heavy atom. The van der Waals surface area contributed by atoms with E-state index in [2.05, 4.69) is 9.47 Å². The van der Waals surface area contributed by atoms with Gasteiger partial charge in [0, 0.05) is 105 Å². The van der Waals surface area contributed by atoms with E-state index in [1.807, 2.05) is 0 Å². The zero-order valence-electron chi connectivity index (χ0n) is 6.44. The van der Waals surface area contributed by atoms with Crippen molar-refractivity contribution in [1.82, 2.24) is 0 Å². The minimum absolute atomic E-state index is 0. The molecule has 11 heteroatoms. The minimum Gasteiger partial charge on any atom is -0.449 e. The molecule has 7 nitrogen and oxygen atoms in total. The first-order valence-corrected chi connectivity index (χ1v) is 1.88. The van der Waals surface area contributed by atoms with E-state index in [0.29, 0.717) is 0 Å². The molecule has 0 spiro atoms. The van der Waals surface area contributed by atoms with Gasteiger partial charge in [0.25, 0.3) is 0 Å². The summed E-state index contributed by atoms with van der Waals surface area (Å²) in [5.41, 5.74) is 0. The fourth-order valence-corrected chi connectivity index (χ4v) is 0.163. The number of rotatable bonds is 0. The van der Waals surface area contributed by atoms with Gasteiger partial charge in [0.1, 0.15) is 0 Å². The molecule has 0 amide bonds. The van der Waals surface area contributed by atoms with Gasteiger partial charge in [-0.05, 0) is 0 Å². The van der Waals surface area contributed by atoms with Crippen molar-refractivity contribution in [3.63, 3.8) is 0 Å². The molecule has 0 aliphatic heterocycles. The summed E-state index contributed by atoms with van der Waals surface area (Å²) in [4.78, 5) is 28.8. The molecule has 14 heavy (non-hydrogen) atoms. The summed E-state index contributed by atoms with van der Waals surface area (Å²) in [5.74, 6) is 0. The maximum atomic E-state index is 9.86. The fraction of sp³-hybridized carbons (Fsp3) is 0. The summed E-state index contributed by atoms with van der Waals surface area (Å²) < 4.78 is 6.47. The van der Waals surface area contributed by atoms with Crippen molar-refractivity contribution in [2.24, 2.45) is 0 Å². The quantitative estimate of drug-likeness (QED) is 0.357. The van der Waals surface area contributed by atoms with E-state index in [-0.39, 0.29) is 105 Å². The second-order valence-corrected chi connectivity index (χ2v) is 0.986. The van der Waals surface area contributed by atoms with E-state index in [4.69, 9.17) is 10.2 Å². The standard InChI is InChI=1S/C3H2O7.4Zr/c4-1(5)9-3(8)10-2(6)7;;;;/h(H,4,5)(H,6,7);;;;. The van der Waals surface area contributed by atoms with E-state index in [1.54, 1.807) is 0 Å². The van der Waals surface area contributed by atoms with Crippen molar-refractivity contribution in [2.45, 2.75) is 0 Å². The van der Waals surface area contributed by atoms with E-state index in [1.165, 1.54) is 0 Å². The van der Waals surface area contributed by atoms with Crippen LogP contribution in [0.3, 0.4) is 0 Å². The summed E-state index contributed by atoms with van der Waals surface area (Å²) in [5, 5.41) is 15.4. The number of ether oxygens (including phenoxy) is 2. The van der Waals surface area contributed by atoms with Crippen LogP contribution in [0.15, 0.2) is 0 Å². The van der Waals surface area contributed by atoms with E-state index < -0.39 is 18.5 Å². The molecule has 0 atom stereocenters. The monoisotopic (exact) mass is 510 g/mol. The maximum Gasteiger partial charge on any atom is 0.528 e. The summed E-state index contributed by atoms with van der Waals surface area (Å²) in [6.45, 7) is 0. The predicted molar refractivity (Wildman–Crippen MR) is 23.6 cm³/mol. The van der Waals surface area contributed by atoms with Crippen molar-refractivity contribution in [3.05, 3.63) is 0 Å². The third-order valence-corrected chi connectivity index (χ3v) is 0.341. The summed E-state index contributed by atoms with van der Waals surface area (Å²) >= 11 is 0. The molecular weight excluding hydrogens is 513 g/mol. The van der Waals surface area contributed by atoms with Gasteiger partial charge in [-0.2, -0.15) is 0 Å². The van der Waals surface area contributed by atoms with Gasteiger partial charge in [0.05, 0.1) is 0 Å². The molecule has 0 heterocycles. The first-order valence-electron chi connectivity index (χ1n) is 1.88. The van der Waals surface area contributed by atoms with Crippen LogP contribution in [0.25, 0.3) is 0 Å². The Morgan fingerprint density at radius 3 is 1.07 bits per heavy atom. The van der Waals surface area contributed by atoms with Crippen molar-refractivity contribution in [1.29, 1.82) is 0 Å². The molecular formula is C3H2O7Zr4. The fourth-order valence-electron chi connectivity index (χ4n) is 0.163. The maximum absolute atomic E-state index is 9.86. The molecule has 0 aliphatic rings. The smallest absolute Gasteiger partial charge is 0.449 e. The third-order valence-electron chi connectivity index (χ3n) is 0.341. The van der Waals surface area contributed by atoms with Crippen LogP contribution in [0.1, 0.15) is 0 Å². The first kappa shape index (κ1) is 29.6. The van der Waals surface area contributed by atoms with E-state index in [9.17, 15) is 14.4 Å². The SMILES string of the molecule is O=C(O)OC(=O)OC(=O)O.[Zr].[Zr].[Zr].[Zr]. The van der Waals surface area contributed by atoms with Gasteiger partial charge < -0.3 is 19.7 Å². The van der Waals surface area contributed by atoms with Crippen molar-refractivity contribution >= 4 is 18.5 Å². The van der Waals surface area contributed by atoms with E-state index in [0.717, 1.165) is 0 Å². The van der Waals surface area contributed by atoms with Gasteiger partial charge in [0.2, 0.25) is 0 Å². The number of hydrogen-bond acceptors (Lipinski definition) is 5. The minimum atomic E-state index is -1.92. The number of carbonyl (C=O) groups is 3. The van der Waals surface area contributed by atoms with Crippen LogP contribution in [-0.4, -0.2) is 28.7 Å². The Labute approximate surface area is 155 Å². The zero-order valence-corrected chi connectivity index (χ0v) is 16.3. The normalized spacial score (nSPS) is 5.71. The van der Waals surface area contributed by atoms with Gasteiger partial charge >= 0.3 is 18.5 Å². The Hall–Kier alpha value is 1.74. The van der Waals surface area contributed by atoms with Crippen LogP contribution in [0, 0.1) is 0 Å². The van der Waals surface area contributed by atoms with Crippen LogP contribution < -0.4 is 0 Å². The Bertz CT molecular complexity index is 164. The van der Waals surface area contributed by atoms with Crippen molar-refractivity contribution in [3.8, 4) is 0 Å². The largest absolute Gasteiger partial charge is 0.528 e. The molecule has 0 radical (unpaired) electrons. The van der Waals surface area contributed by atoms with Gasteiger partial charge in [-0.25, -0.2) is 14.4 Å². The third kappa shape index (κ3) is 23.5. The Balaban J connectivity index is -0.0000000675. The molecule has 0 aliphatic carbocycles. The van der Waals surface area contributed by atoms with Crippen LogP contribution in [0.5, 0.6) is 0 Å². The average Bonchev–Trinajstić information content (AvgIpc) is 1.58. The summed E-state index contributed by atoms with van der Waals surface area (Å²) in [6.07, 6.45) is -5.64. The van der Waals surface area contributed by atoms with Crippen LogP contribution in [0.4, 0.5) is 14.4 Å². The average molecular weight is 515 g/mol.